The van der Waals surface area contributed by atoms with Crippen molar-refractivity contribution in [2.75, 3.05) is 13.1 Å². The molecule has 1 amide bonds. The standard InChI is InChI=1S/C17H22N2O3/c18-10-4-9-17(21)19(12-14-6-2-1-3-7-14)13-15(20)16-8-5-11-22-16/h1-3,5-8,11,15,20H,4,9-10,12-13,18H2. The minimum Gasteiger partial charge on any atom is -0.467 e. The topological polar surface area (TPSA) is 79.7 Å². The van der Waals surface area contributed by atoms with E-state index < -0.39 is 6.10 Å². The number of nitrogens with zero attached hydrogens (tertiary/aromatic N) is 1. The van der Waals surface area contributed by atoms with E-state index in [0.29, 0.717) is 31.7 Å². The Morgan fingerprint density at radius 1 is 1.23 bits per heavy atom. The molecule has 5 nitrogen and oxygen atoms in total. The largest absolute Gasteiger partial charge is 0.467 e. The summed E-state index contributed by atoms with van der Waals surface area (Å²) in [4.78, 5) is 14.0. The molecule has 1 aromatic carbocycles. The van der Waals surface area contributed by atoms with Crippen molar-refractivity contribution < 1.29 is 14.3 Å². The van der Waals surface area contributed by atoms with Crippen LogP contribution in [-0.2, 0) is 11.3 Å². The first-order chi connectivity index (χ1) is 10.7. The van der Waals surface area contributed by atoms with Gasteiger partial charge in [-0.05, 0) is 30.7 Å². The second-order valence-corrected chi connectivity index (χ2v) is 5.18. The van der Waals surface area contributed by atoms with Crippen LogP contribution in [0.2, 0.25) is 0 Å². The SMILES string of the molecule is NCCCC(=O)N(Cc1ccccc1)CC(O)c1ccco1. The van der Waals surface area contributed by atoms with Gasteiger partial charge in [-0.15, -0.1) is 0 Å². The first-order valence-corrected chi connectivity index (χ1v) is 7.44. The molecular formula is C17H22N2O3. The molecule has 0 aliphatic carbocycles. The van der Waals surface area contributed by atoms with E-state index in [1.165, 1.54) is 6.26 Å². The molecule has 0 saturated heterocycles. The van der Waals surface area contributed by atoms with Crippen molar-refractivity contribution in [1.29, 1.82) is 0 Å². The van der Waals surface area contributed by atoms with Crippen LogP contribution in [-0.4, -0.2) is 29.0 Å². The Balaban J connectivity index is 2.05. The van der Waals surface area contributed by atoms with Gasteiger partial charge in [0, 0.05) is 13.0 Å². The van der Waals surface area contributed by atoms with Crippen LogP contribution in [0.1, 0.15) is 30.3 Å². The van der Waals surface area contributed by atoms with Crippen molar-refractivity contribution in [3.8, 4) is 0 Å². The third-order valence-electron chi connectivity index (χ3n) is 3.43. The molecular weight excluding hydrogens is 280 g/mol. The molecule has 2 rings (SSSR count). The van der Waals surface area contributed by atoms with Crippen molar-refractivity contribution in [3.63, 3.8) is 0 Å². The van der Waals surface area contributed by atoms with Crippen molar-refractivity contribution in [3.05, 3.63) is 60.1 Å². The number of benzene rings is 1. The van der Waals surface area contributed by atoms with Crippen LogP contribution in [0.5, 0.6) is 0 Å². The average Bonchev–Trinajstić information content (AvgIpc) is 3.07. The van der Waals surface area contributed by atoms with Gasteiger partial charge in [-0.3, -0.25) is 4.79 Å². The van der Waals surface area contributed by atoms with Crippen LogP contribution in [0.3, 0.4) is 0 Å². The van der Waals surface area contributed by atoms with Gasteiger partial charge in [-0.25, -0.2) is 0 Å². The number of amides is 1. The number of furan rings is 1. The zero-order valence-corrected chi connectivity index (χ0v) is 12.5. The lowest BCUT2D eigenvalue weighted by molar-refractivity contribution is -0.133. The van der Waals surface area contributed by atoms with Gasteiger partial charge in [0.1, 0.15) is 11.9 Å². The summed E-state index contributed by atoms with van der Waals surface area (Å²) in [6, 6.07) is 13.1. The van der Waals surface area contributed by atoms with Gasteiger partial charge in [0.2, 0.25) is 5.91 Å². The summed E-state index contributed by atoms with van der Waals surface area (Å²) >= 11 is 0. The van der Waals surface area contributed by atoms with Crippen LogP contribution >= 0.6 is 0 Å². The summed E-state index contributed by atoms with van der Waals surface area (Å²) in [6.07, 6.45) is 1.70. The number of hydrogen-bond acceptors (Lipinski definition) is 4. The van der Waals surface area contributed by atoms with Crippen molar-refractivity contribution in [1.82, 2.24) is 4.90 Å². The molecule has 0 aliphatic rings. The first-order valence-electron chi connectivity index (χ1n) is 7.44. The fourth-order valence-corrected chi connectivity index (χ4v) is 2.25. The Morgan fingerprint density at radius 2 is 2.00 bits per heavy atom. The molecule has 118 valence electrons. The molecule has 22 heavy (non-hydrogen) atoms. The van der Waals surface area contributed by atoms with E-state index in [4.69, 9.17) is 10.2 Å². The number of nitrogens with two attached hydrogens (primary N) is 1. The highest BCUT2D eigenvalue weighted by Gasteiger charge is 2.20. The van der Waals surface area contributed by atoms with Gasteiger partial charge in [0.15, 0.2) is 0 Å². The van der Waals surface area contributed by atoms with Gasteiger partial charge >= 0.3 is 0 Å². The first kappa shape index (κ1) is 16.3. The zero-order valence-electron chi connectivity index (χ0n) is 12.5. The summed E-state index contributed by atoms with van der Waals surface area (Å²) in [5, 5.41) is 10.2. The minimum absolute atomic E-state index is 0.0140. The molecule has 2 aromatic rings. The highest BCUT2D eigenvalue weighted by Crippen LogP contribution is 2.17. The second-order valence-electron chi connectivity index (χ2n) is 5.18. The van der Waals surface area contributed by atoms with E-state index >= 15 is 0 Å². The Labute approximate surface area is 130 Å². The van der Waals surface area contributed by atoms with Crippen LogP contribution in [0.4, 0.5) is 0 Å². The smallest absolute Gasteiger partial charge is 0.223 e. The molecule has 3 N–H and O–H groups in total. The fourth-order valence-electron chi connectivity index (χ4n) is 2.25. The van der Waals surface area contributed by atoms with Crippen LogP contribution in [0.25, 0.3) is 0 Å². The monoisotopic (exact) mass is 302 g/mol. The van der Waals surface area contributed by atoms with Crippen LogP contribution < -0.4 is 5.73 Å². The van der Waals surface area contributed by atoms with E-state index in [1.807, 2.05) is 30.3 Å². The minimum atomic E-state index is -0.833. The molecule has 5 heteroatoms. The molecule has 0 aliphatic heterocycles. The number of rotatable bonds is 8. The third kappa shape index (κ3) is 4.72. The highest BCUT2D eigenvalue weighted by molar-refractivity contribution is 5.76. The van der Waals surface area contributed by atoms with E-state index in [2.05, 4.69) is 0 Å². The number of aliphatic hydroxyl groups excluding tert-OH is 1. The number of hydrogen-bond donors (Lipinski definition) is 2. The molecule has 0 radical (unpaired) electrons. The predicted molar refractivity (Wildman–Crippen MR) is 83.8 cm³/mol. The molecule has 1 atom stereocenters. The number of carbonyl (C=O) groups is 1. The predicted octanol–water partition coefficient (Wildman–Crippen LogP) is 2.08. The molecule has 1 unspecified atom stereocenters. The van der Waals surface area contributed by atoms with E-state index in [1.54, 1.807) is 17.0 Å². The summed E-state index contributed by atoms with van der Waals surface area (Å²) in [5.41, 5.74) is 6.50. The van der Waals surface area contributed by atoms with E-state index in [0.717, 1.165) is 5.56 Å². The number of carbonyl (C=O) groups excluding carboxylic acids is 1. The number of aliphatic hydroxyl groups is 1. The molecule has 0 bridgehead atoms. The molecule has 0 saturated carbocycles. The van der Waals surface area contributed by atoms with Crippen LogP contribution in [0, 0.1) is 0 Å². The molecule has 0 fully saturated rings. The lowest BCUT2D eigenvalue weighted by Gasteiger charge is -2.25. The highest BCUT2D eigenvalue weighted by atomic mass is 16.4. The zero-order chi connectivity index (χ0) is 15.8. The lowest BCUT2D eigenvalue weighted by atomic mass is 10.1. The second kappa shape index (κ2) is 8.36. The normalized spacial score (nSPS) is 12.1. The van der Waals surface area contributed by atoms with Gasteiger partial charge < -0.3 is 20.2 Å². The maximum absolute atomic E-state index is 12.3. The van der Waals surface area contributed by atoms with Gasteiger partial charge in [0.05, 0.1) is 12.8 Å². The van der Waals surface area contributed by atoms with Crippen molar-refractivity contribution in [2.45, 2.75) is 25.5 Å². The Kier molecular flexibility index (Phi) is 6.18. The van der Waals surface area contributed by atoms with Crippen molar-refractivity contribution in [2.24, 2.45) is 5.73 Å². The summed E-state index contributed by atoms with van der Waals surface area (Å²) in [6.45, 7) is 1.14. The third-order valence-corrected chi connectivity index (χ3v) is 3.43. The van der Waals surface area contributed by atoms with Crippen molar-refractivity contribution >= 4 is 5.91 Å². The van der Waals surface area contributed by atoms with Crippen LogP contribution in [0.15, 0.2) is 53.1 Å². The molecule has 0 spiro atoms. The maximum Gasteiger partial charge on any atom is 0.223 e. The Bertz CT molecular complexity index is 555. The quantitative estimate of drug-likeness (QED) is 0.782. The molecule has 1 heterocycles. The van der Waals surface area contributed by atoms with Gasteiger partial charge in [0.25, 0.3) is 0 Å². The maximum atomic E-state index is 12.3. The summed E-state index contributed by atoms with van der Waals surface area (Å²) < 4.78 is 5.20. The van der Waals surface area contributed by atoms with Gasteiger partial charge in [-0.1, -0.05) is 30.3 Å². The van der Waals surface area contributed by atoms with E-state index in [9.17, 15) is 9.90 Å². The lowest BCUT2D eigenvalue weighted by Crippen LogP contribution is -2.34. The Hall–Kier alpha value is -2.11. The van der Waals surface area contributed by atoms with E-state index in [-0.39, 0.29) is 12.5 Å². The Morgan fingerprint density at radius 3 is 2.64 bits per heavy atom. The fraction of sp³-hybridized carbons (Fsp3) is 0.353. The summed E-state index contributed by atoms with van der Waals surface area (Å²) in [7, 11) is 0. The summed E-state index contributed by atoms with van der Waals surface area (Å²) in [5.74, 6) is 0.449. The average molecular weight is 302 g/mol. The molecule has 1 aromatic heterocycles. The van der Waals surface area contributed by atoms with Gasteiger partial charge in [-0.2, -0.15) is 0 Å².